The molecule has 0 aromatic heterocycles. The van der Waals surface area contributed by atoms with Gasteiger partial charge in [-0.05, 0) is 42.0 Å². The molecular weight excluding hydrogens is 397 g/mol. The van der Waals surface area contributed by atoms with Crippen molar-refractivity contribution >= 4 is 27.5 Å². The zero-order valence-corrected chi connectivity index (χ0v) is 15.5. The van der Waals surface area contributed by atoms with Crippen LogP contribution in [0.4, 0.5) is 10.1 Å². The SMILES string of the molecule is O=C(CF)N(Cc1ccc(Br)cc1)c1ccccc1Oc1ccccc1. The van der Waals surface area contributed by atoms with E-state index in [9.17, 15) is 9.18 Å². The summed E-state index contributed by atoms with van der Waals surface area (Å²) >= 11 is 3.39. The molecule has 3 rings (SSSR count). The quantitative estimate of drug-likeness (QED) is 0.515. The molecule has 5 heteroatoms. The van der Waals surface area contributed by atoms with E-state index in [1.54, 1.807) is 18.2 Å². The average Bonchev–Trinajstić information content (AvgIpc) is 2.68. The monoisotopic (exact) mass is 413 g/mol. The van der Waals surface area contributed by atoms with Crippen LogP contribution in [0.1, 0.15) is 5.56 Å². The first kappa shape index (κ1) is 18.1. The van der Waals surface area contributed by atoms with Crippen LogP contribution in [0, 0.1) is 0 Å². The lowest BCUT2D eigenvalue weighted by Crippen LogP contribution is -2.31. The maximum absolute atomic E-state index is 13.2. The van der Waals surface area contributed by atoms with Crippen molar-refractivity contribution in [3.8, 4) is 11.5 Å². The van der Waals surface area contributed by atoms with Gasteiger partial charge in [-0.25, -0.2) is 4.39 Å². The number of amides is 1. The molecule has 0 saturated carbocycles. The Morgan fingerprint density at radius 2 is 1.58 bits per heavy atom. The van der Waals surface area contributed by atoms with E-state index in [0.717, 1.165) is 10.0 Å². The number of anilines is 1. The summed E-state index contributed by atoms with van der Waals surface area (Å²) in [6, 6.07) is 24.0. The molecule has 0 spiro atoms. The van der Waals surface area contributed by atoms with Crippen LogP contribution in [0.5, 0.6) is 11.5 Å². The first-order chi connectivity index (χ1) is 12.7. The number of rotatable bonds is 6. The molecule has 3 aromatic rings. The van der Waals surface area contributed by atoms with Crippen LogP contribution in [0.3, 0.4) is 0 Å². The van der Waals surface area contributed by atoms with E-state index in [0.29, 0.717) is 17.2 Å². The number of ether oxygens (including phenoxy) is 1. The molecule has 0 N–H and O–H groups in total. The molecule has 0 heterocycles. The first-order valence-corrected chi connectivity index (χ1v) is 8.89. The second-order valence-corrected chi connectivity index (χ2v) is 6.54. The third kappa shape index (κ3) is 4.49. The van der Waals surface area contributed by atoms with E-state index >= 15 is 0 Å². The number of benzene rings is 3. The van der Waals surface area contributed by atoms with Crippen molar-refractivity contribution in [3.63, 3.8) is 0 Å². The van der Waals surface area contributed by atoms with E-state index < -0.39 is 12.6 Å². The van der Waals surface area contributed by atoms with E-state index in [2.05, 4.69) is 15.9 Å². The van der Waals surface area contributed by atoms with Gasteiger partial charge in [-0.1, -0.05) is 58.4 Å². The van der Waals surface area contributed by atoms with E-state index in [1.165, 1.54) is 4.90 Å². The Kier molecular flexibility index (Phi) is 6.02. The molecule has 0 atom stereocenters. The Labute approximate surface area is 160 Å². The predicted molar refractivity (Wildman–Crippen MR) is 104 cm³/mol. The minimum absolute atomic E-state index is 0.255. The van der Waals surface area contributed by atoms with Crippen molar-refractivity contribution in [1.29, 1.82) is 0 Å². The van der Waals surface area contributed by atoms with Gasteiger partial charge in [-0.3, -0.25) is 4.79 Å². The molecule has 0 radical (unpaired) electrons. The topological polar surface area (TPSA) is 29.5 Å². The number of hydrogen-bond acceptors (Lipinski definition) is 2. The van der Waals surface area contributed by atoms with Gasteiger partial charge in [0.1, 0.15) is 5.75 Å². The molecule has 132 valence electrons. The lowest BCUT2D eigenvalue weighted by atomic mass is 10.2. The van der Waals surface area contributed by atoms with Crippen molar-refractivity contribution < 1.29 is 13.9 Å². The zero-order valence-electron chi connectivity index (χ0n) is 13.9. The first-order valence-electron chi connectivity index (χ1n) is 8.10. The summed E-state index contributed by atoms with van der Waals surface area (Å²) < 4.78 is 20.1. The van der Waals surface area contributed by atoms with Crippen molar-refractivity contribution in [2.75, 3.05) is 11.6 Å². The van der Waals surface area contributed by atoms with Gasteiger partial charge in [0, 0.05) is 4.47 Å². The fraction of sp³-hybridized carbons (Fsp3) is 0.0952. The van der Waals surface area contributed by atoms with Crippen LogP contribution in [0.15, 0.2) is 83.3 Å². The highest BCUT2D eigenvalue weighted by Crippen LogP contribution is 2.33. The molecule has 0 aliphatic heterocycles. The summed E-state index contributed by atoms with van der Waals surface area (Å²) in [6.45, 7) is -0.818. The molecule has 0 unspecified atom stereocenters. The predicted octanol–water partition coefficient (Wildman–Crippen LogP) is 5.74. The van der Waals surface area contributed by atoms with Gasteiger partial charge in [0.25, 0.3) is 5.91 Å². The zero-order chi connectivity index (χ0) is 18.4. The standard InChI is InChI=1S/C21H17BrFNO2/c22-17-12-10-16(11-13-17)15-24(21(25)14-23)19-8-4-5-9-20(19)26-18-6-2-1-3-7-18/h1-13H,14-15H2. The molecule has 3 nitrogen and oxygen atoms in total. The van der Waals surface area contributed by atoms with E-state index in [1.807, 2.05) is 60.7 Å². The van der Waals surface area contributed by atoms with Crippen LogP contribution in [-0.2, 0) is 11.3 Å². The van der Waals surface area contributed by atoms with Gasteiger partial charge >= 0.3 is 0 Å². The molecular formula is C21H17BrFNO2. The summed E-state index contributed by atoms with van der Waals surface area (Å²) in [7, 11) is 0. The molecule has 0 fully saturated rings. The lowest BCUT2D eigenvalue weighted by molar-refractivity contribution is -0.119. The fourth-order valence-corrected chi connectivity index (χ4v) is 2.80. The fourth-order valence-electron chi connectivity index (χ4n) is 2.53. The Bertz CT molecular complexity index is 869. The van der Waals surface area contributed by atoms with Crippen LogP contribution >= 0.6 is 15.9 Å². The van der Waals surface area contributed by atoms with Crippen LogP contribution < -0.4 is 9.64 Å². The number of carbonyl (C=O) groups is 1. The van der Waals surface area contributed by atoms with Gasteiger partial charge in [-0.2, -0.15) is 0 Å². The minimum atomic E-state index is -1.07. The highest BCUT2D eigenvalue weighted by atomic mass is 79.9. The number of halogens is 2. The summed E-state index contributed by atoms with van der Waals surface area (Å²) in [4.78, 5) is 13.7. The van der Waals surface area contributed by atoms with Gasteiger partial charge in [0.15, 0.2) is 12.4 Å². The highest BCUT2D eigenvalue weighted by Gasteiger charge is 2.20. The smallest absolute Gasteiger partial charge is 0.258 e. The summed E-state index contributed by atoms with van der Waals surface area (Å²) in [5, 5.41) is 0. The van der Waals surface area contributed by atoms with Crippen LogP contribution in [-0.4, -0.2) is 12.6 Å². The van der Waals surface area contributed by atoms with Crippen LogP contribution in [0.25, 0.3) is 0 Å². The summed E-state index contributed by atoms with van der Waals surface area (Å²) in [5.74, 6) is 0.533. The average molecular weight is 414 g/mol. The molecule has 0 aliphatic rings. The van der Waals surface area contributed by atoms with E-state index in [-0.39, 0.29) is 6.54 Å². The number of nitrogens with zero attached hydrogens (tertiary/aromatic N) is 1. The number of hydrogen-bond donors (Lipinski definition) is 0. The normalized spacial score (nSPS) is 10.4. The third-order valence-corrected chi connectivity index (χ3v) is 4.33. The lowest BCUT2D eigenvalue weighted by Gasteiger charge is -2.24. The van der Waals surface area contributed by atoms with Gasteiger partial charge in [-0.15, -0.1) is 0 Å². The van der Waals surface area contributed by atoms with Crippen molar-refractivity contribution in [3.05, 3.63) is 88.9 Å². The Morgan fingerprint density at radius 1 is 0.923 bits per heavy atom. The summed E-state index contributed by atoms with van der Waals surface area (Å²) in [6.07, 6.45) is 0. The number of alkyl halides is 1. The third-order valence-electron chi connectivity index (χ3n) is 3.80. The summed E-state index contributed by atoms with van der Waals surface area (Å²) in [5.41, 5.74) is 1.42. The molecule has 1 amide bonds. The largest absolute Gasteiger partial charge is 0.455 e. The molecule has 0 aliphatic carbocycles. The molecule has 0 bridgehead atoms. The Morgan fingerprint density at radius 3 is 2.27 bits per heavy atom. The van der Waals surface area contributed by atoms with Gasteiger partial charge in [0.05, 0.1) is 12.2 Å². The Balaban J connectivity index is 1.93. The van der Waals surface area contributed by atoms with E-state index in [4.69, 9.17) is 4.74 Å². The number of carbonyl (C=O) groups excluding carboxylic acids is 1. The maximum atomic E-state index is 13.2. The van der Waals surface area contributed by atoms with Crippen LogP contribution in [0.2, 0.25) is 0 Å². The second-order valence-electron chi connectivity index (χ2n) is 5.62. The molecule has 3 aromatic carbocycles. The van der Waals surface area contributed by atoms with Crippen molar-refractivity contribution in [2.45, 2.75) is 6.54 Å². The molecule has 0 saturated heterocycles. The van der Waals surface area contributed by atoms with Crippen molar-refractivity contribution in [1.82, 2.24) is 0 Å². The van der Waals surface area contributed by atoms with Gasteiger partial charge < -0.3 is 9.64 Å². The maximum Gasteiger partial charge on any atom is 0.258 e. The van der Waals surface area contributed by atoms with Crippen molar-refractivity contribution in [2.24, 2.45) is 0 Å². The second kappa shape index (κ2) is 8.63. The minimum Gasteiger partial charge on any atom is -0.455 e. The Hall–Kier alpha value is -2.66. The molecule has 26 heavy (non-hydrogen) atoms. The highest BCUT2D eigenvalue weighted by molar-refractivity contribution is 9.10. The van der Waals surface area contributed by atoms with Gasteiger partial charge in [0.2, 0.25) is 0 Å². The number of para-hydroxylation sites is 3.